The van der Waals surface area contributed by atoms with Crippen molar-refractivity contribution in [2.24, 2.45) is 4.99 Å². The molecule has 14 heavy (non-hydrogen) atoms. The van der Waals surface area contributed by atoms with Crippen molar-refractivity contribution in [3.63, 3.8) is 0 Å². The van der Waals surface area contributed by atoms with Crippen LogP contribution >= 0.6 is 0 Å². The predicted molar refractivity (Wildman–Crippen MR) is 64.1 cm³/mol. The van der Waals surface area contributed by atoms with E-state index < -0.39 is 0 Å². The van der Waals surface area contributed by atoms with Crippen LogP contribution in [-0.2, 0) is 0 Å². The van der Waals surface area contributed by atoms with E-state index in [0.29, 0.717) is 0 Å². The zero-order valence-electron chi connectivity index (χ0n) is 9.90. The number of aliphatic imine (C=N–C) groups is 1. The molecule has 0 spiro atoms. The molecule has 1 aliphatic rings. The molecule has 0 aromatic carbocycles. The van der Waals surface area contributed by atoms with Gasteiger partial charge in [0, 0.05) is 12.3 Å². The first kappa shape index (κ1) is 11.5. The molecule has 0 atom stereocenters. The minimum Gasteiger partial charge on any atom is -0.289 e. The molecule has 0 fully saturated rings. The maximum atomic E-state index is 4.68. The molecule has 1 aliphatic heterocycles. The van der Waals surface area contributed by atoms with E-state index in [1.54, 1.807) is 11.1 Å². The Balaban J connectivity index is 2.72. The largest absolute Gasteiger partial charge is 0.289 e. The van der Waals surface area contributed by atoms with Crippen LogP contribution in [-0.4, -0.2) is 12.3 Å². The molecular formula is C13H23N. The second kappa shape index (κ2) is 6.00. The van der Waals surface area contributed by atoms with E-state index in [9.17, 15) is 0 Å². The van der Waals surface area contributed by atoms with E-state index in [2.05, 4.69) is 25.8 Å². The normalized spacial score (nSPS) is 17.2. The molecule has 0 aromatic rings. The first-order valence-electron chi connectivity index (χ1n) is 6.08. The van der Waals surface area contributed by atoms with E-state index in [-0.39, 0.29) is 0 Å². The molecule has 0 saturated carbocycles. The van der Waals surface area contributed by atoms with Crippen molar-refractivity contribution >= 4 is 5.71 Å². The molecular weight excluding hydrogens is 170 g/mol. The van der Waals surface area contributed by atoms with Crippen LogP contribution in [0, 0.1) is 0 Å². The van der Waals surface area contributed by atoms with Gasteiger partial charge < -0.3 is 0 Å². The molecule has 0 aliphatic carbocycles. The lowest BCUT2D eigenvalue weighted by Crippen LogP contribution is -2.12. The number of hydrogen-bond donors (Lipinski definition) is 0. The van der Waals surface area contributed by atoms with Gasteiger partial charge in [-0.1, -0.05) is 32.8 Å². The molecule has 0 amide bonds. The van der Waals surface area contributed by atoms with Gasteiger partial charge >= 0.3 is 0 Å². The third-order valence-corrected chi connectivity index (χ3v) is 3.04. The number of nitrogens with zero attached hydrogens (tertiary/aromatic N) is 1. The summed E-state index contributed by atoms with van der Waals surface area (Å²) in [5, 5.41) is 0. The van der Waals surface area contributed by atoms with Crippen molar-refractivity contribution in [3.05, 3.63) is 11.1 Å². The maximum absolute atomic E-state index is 4.68. The SMILES string of the molecule is CCCCC1=NCCC(CC)=C1CC. The molecule has 0 saturated heterocycles. The molecule has 0 N–H and O–H groups in total. The third-order valence-electron chi connectivity index (χ3n) is 3.04. The van der Waals surface area contributed by atoms with E-state index in [4.69, 9.17) is 0 Å². The van der Waals surface area contributed by atoms with Crippen LogP contribution in [0.3, 0.4) is 0 Å². The van der Waals surface area contributed by atoms with E-state index in [0.717, 1.165) is 6.54 Å². The topological polar surface area (TPSA) is 12.4 Å². The Morgan fingerprint density at radius 2 is 1.93 bits per heavy atom. The lowest BCUT2D eigenvalue weighted by atomic mass is 9.91. The van der Waals surface area contributed by atoms with Gasteiger partial charge in [0.25, 0.3) is 0 Å². The van der Waals surface area contributed by atoms with Gasteiger partial charge in [-0.05, 0) is 37.7 Å². The van der Waals surface area contributed by atoms with Gasteiger partial charge in [-0.3, -0.25) is 4.99 Å². The van der Waals surface area contributed by atoms with E-state index in [1.165, 1.54) is 44.2 Å². The van der Waals surface area contributed by atoms with Crippen molar-refractivity contribution in [1.82, 2.24) is 0 Å². The molecule has 0 aromatic heterocycles. The van der Waals surface area contributed by atoms with Crippen LogP contribution in [0.1, 0.15) is 59.3 Å². The number of unbranched alkanes of at least 4 members (excludes halogenated alkanes) is 1. The molecule has 0 unspecified atom stereocenters. The Hall–Kier alpha value is -0.590. The lowest BCUT2D eigenvalue weighted by Gasteiger charge is -2.19. The fourth-order valence-electron chi connectivity index (χ4n) is 2.19. The monoisotopic (exact) mass is 193 g/mol. The predicted octanol–water partition coefficient (Wildman–Crippen LogP) is 4.14. The van der Waals surface area contributed by atoms with Crippen LogP contribution in [0.2, 0.25) is 0 Å². The van der Waals surface area contributed by atoms with Gasteiger partial charge in [0.2, 0.25) is 0 Å². The van der Waals surface area contributed by atoms with Crippen molar-refractivity contribution in [2.75, 3.05) is 6.54 Å². The fourth-order valence-corrected chi connectivity index (χ4v) is 2.19. The van der Waals surface area contributed by atoms with Gasteiger partial charge in [0.05, 0.1) is 0 Å². The summed E-state index contributed by atoms with van der Waals surface area (Å²) in [6.07, 6.45) is 7.36. The summed E-state index contributed by atoms with van der Waals surface area (Å²) in [7, 11) is 0. The summed E-state index contributed by atoms with van der Waals surface area (Å²) in [6, 6.07) is 0. The maximum Gasteiger partial charge on any atom is 0.0430 e. The minimum absolute atomic E-state index is 1.03. The summed E-state index contributed by atoms with van der Waals surface area (Å²) >= 11 is 0. The second-order valence-electron chi connectivity index (χ2n) is 3.97. The Bertz CT molecular complexity index is 236. The number of dihydropyridines is 1. The van der Waals surface area contributed by atoms with Crippen LogP contribution in [0.15, 0.2) is 16.1 Å². The smallest absolute Gasteiger partial charge is 0.0430 e. The zero-order chi connectivity index (χ0) is 10.4. The molecule has 1 heteroatoms. The van der Waals surface area contributed by atoms with Crippen LogP contribution in [0.5, 0.6) is 0 Å². The number of allylic oxidation sites excluding steroid dienone is 1. The highest BCUT2D eigenvalue weighted by molar-refractivity contribution is 6.01. The highest BCUT2D eigenvalue weighted by Gasteiger charge is 2.13. The average molecular weight is 193 g/mol. The molecule has 0 radical (unpaired) electrons. The van der Waals surface area contributed by atoms with Gasteiger partial charge in [-0.25, -0.2) is 0 Å². The highest BCUT2D eigenvalue weighted by atomic mass is 14.7. The minimum atomic E-state index is 1.03. The standard InChI is InChI=1S/C13H23N/c1-4-7-8-13-12(6-3)11(5-2)9-10-14-13/h4-10H2,1-3H3. The fraction of sp³-hybridized carbons (Fsp3) is 0.769. The van der Waals surface area contributed by atoms with E-state index in [1.807, 2.05) is 0 Å². The quantitative estimate of drug-likeness (QED) is 0.622. The summed E-state index contributed by atoms with van der Waals surface area (Å²) in [4.78, 5) is 4.68. The molecule has 1 rings (SSSR count). The Morgan fingerprint density at radius 3 is 2.50 bits per heavy atom. The molecule has 0 bridgehead atoms. The lowest BCUT2D eigenvalue weighted by molar-refractivity contribution is 0.797. The van der Waals surface area contributed by atoms with Crippen molar-refractivity contribution in [2.45, 2.75) is 59.3 Å². The van der Waals surface area contributed by atoms with Gasteiger partial charge in [0.15, 0.2) is 0 Å². The van der Waals surface area contributed by atoms with Gasteiger partial charge in [-0.15, -0.1) is 0 Å². The average Bonchev–Trinajstić information content (AvgIpc) is 2.25. The summed E-state index contributed by atoms with van der Waals surface area (Å²) in [5.41, 5.74) is 4.65. The van der Waals surface area contributed by atoms with Gasteiger partial charge in [0.1, 0.15) is 0 Å². The Kier molecular flexibility index (Phi) is 4.92. The second-order valence-corrected chi connectivity index (χ2v) is 3.97. The first-order valence-corrected chi connectivity index (χ1v) is 6.08. The number of rotatable bonds is 5. The zero-order valence-corrected chi connectivity index (χ0v) is 9.90. The highest BCUT2D eigenvalue weighted by Crippen LogP contribution is 2.24. The van der Waals surface area contributed by atoms with Crippen molar-refractivity contribution in [1.29, 1.82) is 0 Å². The molecule has 80 valence electrons. The van der Waals surface area contributed by atoms with E-state index >= 15 is 0 Å². The van der Waals surface area contributed by atoms with Crippen LogP contribution in [0.4, 0.5) is 0 Å². The third kappa shape index (κ3) is 2.70. The van der Waals surface area contributed by atoms with Gasteiger partial charge in [-0.2, -0.15) is 0 Å². The van der Waals surface area contributed by atoms with Crippen LogP contribution in [0.25, 0.3) is 0 Å². The molecule has 1 heterocycles. The van der Waals surface area contributed by atoms with Crippen molar-refractivity contribution < 1.29 is 0 Å². The summed E-state index contributed by atoms with van der Waals surface area (Å²) in [6.45, 7) is 7.82. The first-order chi connectivity index (χ1) is 6.83. The van der Waals surface area contributed by atoms with Crippen molar-refractivity contribution in [3.8, 4) is 0 Å². The van der Waals surface area contributed by atoms with Crippen LogP contribution < -0.4 is 0 Å². The number of hydrogen-bond acceptors (Lipinski definition) is 1. The Labute approximate surface area is 88.3 Å². The Morgan fingerprint density at radius 1 is 1.14 bits per heavy atom. The molecule has 1 nitrogen and oxygen atoms in total. The summed E-state index contributed by atoms with van der Waals surface area (Å²) in [5.74, 6) is 0. The summed E-state index contributed by atoms with van der Waals surface area (Å²) < 4.78 is 0.